The first-order valence-corrected chi connectivity index (χ1v) is 14.4. The van der Waals surface area contributed by atoms with E-state index in [1.165, 1.54) is 11.1 Å². The number of ether oxygens (including phenoxy) is 1. The predicted molar refractivity (Wildman–Crippen MR) is 159 cm³/mol. The van der Waals surface area contributed by atoms with Gasteiger partial charge in [0.1, 0.15) is 18.5 Å². The Hall–Kier alpha value is -3.67. The number of aliphatic hydroxyl groups excluding tert-OH is 1. The van der Waals surface area contributed by atoms with E-state index < -0.39 is 6.10 Å². The Labute approximate surface area is 237 Å². The lowest BCUT2D eigenvalue weighted by atomic mass is 9.54. The monoisotopic (exact) mass is 534 g/mol. The van der Waals surface area contributed by atoms with Crippen LogP contribution < -0.4 is 4.74 Å². The van der Waals surface area contributed by atoms with Crippen LogP contribution in [-0.2, 0) is 0 Å². The Kier molecular flexibility index (Phi) is 7.85. The van der Waals surface area contributed by atoms with Crippen LogP contribution in [0.5, 0.6) is 5.75 Å². The maximum Gasteiger partial charge on any atom is 0.159 e. The van der Waals surface area contributed by atoms with Crippen LogP contribution in [0.4, 0.5) is 0 Å². The SMILES string of the molecule is CC(C)c1cc(/C=C/c2ccccc2OCC(O)CN2CC3C(C2)C(c2ccccc2)C3c2ccccc2)on1. The molecule has 1 aliphatic heterocycles. The molecule has 2 heterocycles. The lowest BCUT2D eigenvalue weighted by Crippen LogP contribution is -2.42. The number of hydrogen-bond donors (Lipinski definition) is 1. The summed E-state index contributed by atoms with van der Waals surface area (Å²) < 4.78 is 11.5. The molecule has 2 fully saturated rings. The van der Waals surface area contributed by atoms with Crippen molar-refractivity contribution in [1.82, 2.24) is 10.1 Å². The van der Waals surface area contributed by atoms with Gasteiger partial charge in [-0.05, 0) is 58.9 Å². The van der Waals surface area contributed by atoms with E-state index in [4.69, 9.17) is 9.26 Å². The normalized spacial score (nSPS) is 23.3. The molecule has 40 heavy (non-hydrogen) atoms. The number of rotatable bonds is 10. The summed E-state index contributed by atoms with van der Waals surface area (Å²) in [5, 5.41) is 15.1. The predicted octanol–water partition coefficient (Wildman–Crippen LogP) is 6.84. The maximum atomic E-state index is 11.0. The largest absolute Gasteiger partial charge is 0.490 e. The van der Waals surface area contributed by atoms with Crippen molar-refractivity contribution in [2.24, 2.45) is 11.8 Å². The summed E-state index contributed by atoms with van der Waals surface area (Å²) in [4.78, 5) is 2.43. The number of aliphatic hydroxyl groups is 1. The molecule has 2 aliphatic rings. The molecular formula is C35H38N2O3. The minimum atomic E-state index is -0.567. The molecule has 1 saturated heterocycles. The average Bonchev–Trinajstić information content (AvgIpc) is 3.58. The number of likely N-dealkylation sites (tertiary alicyclic amines) is 1. The van der Waals surface area contributed by atoms with E-state index in [0.717, 1.165) is 30.1 Å². The highest BCUT2D eigenvalue weighted by Crippen LogP contribution is 2.60. The van der Waals surface area contributed by atoms with E-state index in [1.54, 1.807) is 0 Å². The van der Waals surface area contributed by atoms with Gasteiger partial charge in [-0.2, -0.15) is 0 Å². The van der Waals surface area contributed by atoms with Crippen LogP contribution in [0, 0.1) is 11.8 Å². The van der Waals surface area contributed by atoms with Crippen molar-refractivity contribution in [2.45, 2.75) is 37.7 Å². The third-order valence-electron chi connectivity index (χ3n) is 8.55. The fourth-order valence-corrected chi connectivity index (χ4v) is 6.61. The zero-order valence-electron chi connectivity index (χ0n) is 23.3. The zero-order chi connectivity index (χ0) is 27.5. The lowest BCUT2D eigenvalue weighted by Gasteiger charge is -2.49. The molecule has 1 saturated carbocycles. The van der Waals surface area contributed by atoms with Gasteiger partial charge in [-0.1, -0.05) is 97.9 Å². The summed E-state index contributed by atoms with van der Waals surface area (Å²) in [6.07, 6.45) is 3.31. The van der Waals surface area contributed by atoms with E-state index in [0.29, 0.717) is 41.9 Å². The lowest BCUT2D eigenvalue weighted by molar-refractivity contribution is 0.0746. The Morgan fingerprint density at radius 2 is 1.48 bits per heavy atom. The molecule has 206 valence electrons. The van der Waals surface area contributed by atoms with Crippen LogP contribution in [0.25, 0.3) is 12.2 Å². The summed E-state index contributed by atoms with van der Waals surface area (Å²) >= 11 is 0. The van der Waals surface area contributed by atoms with E-state index in [2.05, 4.69) is 84.6 Å². The van der Waals surface area contributed by atoms with Crippen LogP contribution in [0.3, 0.4) is 0 Å². The molecule has 0 bridgehead atoms. The average molecular weight is 535 g/mol. The Bertz CT molecular complexity index is 1360. The Morgan fingerprint density at radius 3 is 2.08 bits per heavy atom. The Morgan fingerprint density at radius 1 is 0.875 bits per heavy atom. The molecule has 5 heteroatoms. The first-order chi connectivity index (χ1) is 19.6. The Balaban J connectivity index is 1.08. The van der Waals surface area contributed by atoms with Crippen molar-refractivity contribution >= 4 is 12.2 Å². The minimum absolute atomic E-state index is 0.251. The summed E-state index contributed by atoms with van der Waals surface area (Å²) in [6.45, 7) is 7.08. The molecule has 6 rings (SSSR count). The first-order valence-electron chi connectivity index (χ1n) is 14.4. The van der Waals surface area contributed by atoms with Gasteiger partial charge < -0.3 is 19.3 Å². The molecule has 5 nitrogen and oxygen atoms in total. The van der Waals surface area contributed by atoms with Crippen molar-refractivity contribution in [3.8, 4) is 5.75 Å². The number of β-amino-alcohol motifs (C(OH)–C–C–N with tert-alkyl or cyclic N) is 1. The van der Waals surface area contributed by atoms with Crippen LogP contribution in [0.15, 0.2) is 95.5 Å². The molecule has 4 aromatic rings. The summed E-state index contributed by atoms with van der Waals surface area (Å²) in [6, 6.07) is 31.8. The van der Waals surface area contributed by atoms with Crippen LogP contribution in [-0.4, -0.2) is 47.5 Å². The van der Waals surface area contributed by atoms with Gasteiger partial charge in [-0.25, -0.2) is 0 Å². The van der Waals surface area contributed by atoms with Crippen LogP contribution >= 0.6 is 0 Å². The number of fused-ring (bicyclic) bond motifs is 1. The van der Waals surface area contributed by atoms with Crippen molar-refractivity contribution < 1.29 is 14.4 Å². The third kappa shape index (κ3) is 5.63. The van der Waals surface area contributed by atoms with Crippen LogP contribution in [0.2, 0.25) is 0 Å². The van der Waals surface area contributed by atoms with E-state index in [1.807, 2.05) is 42.5 Å². The van der Waals surface area contributed by atoms with Gasteiger partial charge >= 0.3 is 0 Å². The van der Waals surface area contributed by atoms with Gasteiger partial charge in [0.2, 0.25) is 0 Å². The summed E-state index contributed by atoms with van der Waals surface area (Å²) in [5.74, 6) is 4.04. The number of benzene rings is 3. The van der Waals surface area contributed by atoms with E-state index in [-0.39, 0.29) is 6.61 Å². The molecule has 0 amide bonds. The molecule has 1 N–H and O–H groups in total. The standard InChI is InChI=1S/C35H38N2O3/c1-24(2)32-19-29(40-36-32)18-17-25-11-9-10-16-33(25)39-23-28(38)20-37-21-30-31(22-37)35(27-14-7-4-8-15-27)34(30)26-12-5-3-6-13-26/h3-19,24,28,30-31,34-35,38H,20-23H2,1-2H3/b18-17+. The van der Waals surface area contributed by atoms with Crippen molar-refractivity contribution in [2.75, 3.05) is 26.2 Å². The van der Waals surface area contributed by atoms with E-state index >= 15 is 0 Å². The topological polar surface area (TPSA) is 58.7 Å². The van der Waals surface area contributed by atoms with Gasteiger partial charge in [0, 0.05) is 31.3 Å². The van der Waals surface area contributed by atoms with Crippen molar-refractivity contribution in [3.63, 3.8) is 0 Å². The molecular weight excluding hydrogens is 496 g/mol. The molecule has 5 unspecified atom stereocenters. The number of hydrogen-bond acceptors (Lipinski definition) is 5. The highest BCUT2D eigenvalue weighted by atomic mass is 16.5. The van der Waals surface area contributed by atoms with Gasteiger partial charge in [0.15, 0.2) is 5.76 Å². The van der Waals surface area contributed by atoms with Crippen molar-refractivity contribution in [3.05, 3.63) is 119 Å². The second kappa shape index (κ2) is 11.8. The summed E-state index contributed by atoms with van der Waals surface area (Å²) in [7, 11) is 0. The van der Waals surface area contributed by atoms with E-state index in [9.17, 15) is 5.11 Å². The highest BCUT2D eigenvalue weighted by molar-refractivity contribution is 5.70. The molecule has 5 atom stereocenters. The fourth-order valence-electron chi connectivity index (χ4n) is 6.61. The quantitative estimate of drug-likeness (QED) is 0.241. The molecule has 0 spiro atoms. The van der Waals surface area contributed by atoms with Crippen molar-refractivity contribution in [1.29, 1.82) is 0 Å². The highest BCUT2D eigenvalue weighted by Gasteiger charge is 2.55. The molecule has 3 aromatic carbocycles. The second-order valence-electron chi connectivity index (χ2n) is 11.6. The number of para-hydroxylation sites is 1. The number of nitrogens with zero attached hydrogens (tertiary/aromatic N) is 2. The third-order valence-corrected chi connectivity index (χ3v) is 8.55. The molecule has 0 radical (unpaired) electrons. The summed E-state index contributed by atoms with van der Waals surface area (Å²) in [5.41, 5.74) is 4.73. The maximum absolute atomic E-state index is 11.0. The second-order valence-corrected chi connectivity index (χ2v) is 11.6. The smallest absolute Gasteiger partial charge is 0.159 e. The van der Waals surface area contributed by atoms with Gasteiger partial charge in [-0.3, -0.25) is 0 Å². The number of aromatic nitrogens is 1. The van der Waals surface area contributed by atoms with Gasteiger partial charge in [0.25, 0.3) is 0 Å². The van der Waals surface area contributed by atoms with Gasteiger partial charge in [-0.15, -0.1) is 0 Å². The molecule has 1 aromatic heterocycles. The van der Waals surface area contributed by atoms with Crippen LogP contribution in [0.1, 0.15) is 59.7 Å². The minimum Gasteiger partial charge on any atom is -0.490 e. The fraction of sp³-hybridized carbons (Fsp3) is 0.343. The van der Waals surface area contributed by atoms with Gasteiger partial charge in [0.05, 0.1) is 5.69 Å². The zero-order valence-corrected chi connectivity index (χ0v) is 23.3. The first kappa shape index (κ1) is 26.5. The molecule has 1 aliphatic carbocycles.